The predicted octanol–water partition coefficient (Wildman–Crippen LogP) is 8.68. The lowest BCUT2D eigenvalue weighted by molar-refractivity contribution is -0.178. The second kappa shape index (κ2) is 18.5. The van der Waals surface area contributed by atoms with Gasteiger partial charge in [-0.05, 0) is 115 Å². The van der Waals surface area contributed by atoms with Crippen LogP contribution in [0.2, 0.25) is 0 Å². The molecule has 4 N–H and O–H groups in total. The van der Waals surface area contributed by atoms with E-state index in [4.69, 9.17) is 9.97 Å². The van der Waals surface area contributed by atoms with E-state index in [9.17, 15) is 10.2 Å². The highest BCUT2D eigenvalue weighted by Crippen LogP contribution is 2.51. The number of hydrogen-bond acceptors (Lipinski definition) is 15. The maximum absolute atomic E-state index is 15.4. The van der Waals surface area contributed by atoms with Crippen molar-refractivity contribution in [3.05, 3.63) is 118 Å². The smallest absolute Gasteiger partial charge is 0.229 e. The standard InChI is InChI=1S/C55H56F4N14O3/c1-27(2)72-29(5)62-49-37(56)15-33(17-43(49)72)47-39(58)23-60-52(68-47)66-45-9-7-31-25-70(13-11-41(31)64-45)54(19-35(74)20-54)51(76)55(21-36(75)22-55)71-14-12-42-32(26-71)8-10-46(65-42)67-53-61-24-40(59)48(69-53)34-16-38(57)50-44(18-34)73(28(3)4)30(6)63-50/h7-10,15-18,23-24,27-28,35-36,74-75H,11-14,19-22,25-26H2,1-6H3,(H,60,64,66,68)(H,61,65,67,69). The molecule has 8 aromatic rings. The molecule has 0 amide bonds. The number of halogens is 4. The van der Waals surface area contributed by atoms with Crippen molar-refractivity contribution in [1.29, 1.82) is 0 Å². The number of nitrogens with zero attached hydrogens (tertiary/aromatic N) is 12. The van der Waals surface area contributed by atoms with E-state index in [-0.39, 0.29) is 89.0 Å². The molecule has 0 bridgehead atoms. The van der Waals surface area contributed by atoms with E-state index in [0.29, 0.717) is 73.3 Å². The Bertz CT molecular complexity index is 3430. The first kappa shape index (κ1) is 49.5. The lowest BCUT2D eigenvalue weighted by Crippen LogP contribution is -2.76. The minimum Gasteiger partial charge on any atom is -0.393 e. The van der Waals surface area contributed by atoms with Crippen LogP contribution in [0.5, 0.6) is 0 Å². The maximum atomic E-state index is 15.4. The molecule has 2 aliphatic carbocycles. The number of aliphatic hydroxyl groups is 2. The molecule has 12 rings (SSSR count). The molecular weight excluding hydrogens is 981 g/mol. The van der Waals surface area contributed by atoms with Gasteiger partial charge in [0, 0.05) is 73.6 Å². The monoisotopic (exact) mass is 1040 g/mol. The summed E-state index contributed by atoms with van der Waals surface area (Å²) in [5.74, 6) is -0.281. The lowest BCUT2D eigenvalue weighted by Gasteiger charge is -2.61. The first-order valence-corrected chi connectivity index (χ1v) is 25.7. The Kier molecular flexibility index (Phi) is 12.0. The highest BCUT2D eigenvalue weighted by atomic mass is 19.1. The number of ketones is 1. The van der Waals surface area contributed by atoms with Gasteiger partial charge in [0.2, 0.25) is 11.9 Å². The number of aliphatic hydroxyl groups excluding tert-OH is 2. The molecular formula is C55H56F4N14O3. The molecule has 0 spiro atoms. The molecule has 392 valence electrons. The number of imidazole rings is 2. The molecule has 6 aromatic heterocycles. The van der Waals surface area contributed by atoms with Crippen LogP contribution in [0.1, 0.15) is 99.6 Å². The van der Waals surface area contributed by atoms with Crippen LogP contribution < -0.4 is 10.6 Å². The maximum Gasteiger partial charge on any atom is 0.229 e. The van der Waals surface area contributed by atoms with E-state index in [1.807, 2.05) is 49.0 Å². The number of carbonyl (C=O) groups excluding carboxylic acids is 1. The van der Waals surface area contributed by atoms with Crippen molar-refractivity contribution in [2.45, 2.75) is 129 Å². The van der Waals surface area contributed by atoms with Crippen molar-refractivity contribution < 1.29 is 32.6 Å². The number of Topliss-reactive ketones (excluding diaryl/α,β-unsaturated/α-hetero) is 1. The third kappa shape index (κ3) is 8.25. The number of hydrogen-bond donors (Lipinski definition) is 4. The van der Waals surface area contributed by atoms with Crippen LogP contribution in [0.25, 0.3) is 44.6 Å². The van der Waals surface area contributed by atoms with Gasteiger partial charge in [0.15, 0.2) is 29.1 Å². The molecule has 0 atom stereocenters. The second-order valence-corrected chi connectivity index (χ2v) is 21.4. The first-order chi connectivity index (χ1) is 36.4. The zero-order chi connectivity index (χ0) is 53.1. The van der Waals surface area contributed by atoms with Gasteiger partial charge in [-0.1, -0.05) is 12.1 Å². The molecule has 0 saturated heterocycles. The molecule has 2 fully saturated rings. The van der Waals surface area contributed by atoms with Crippen LogP contribution in [-0.4, -0.2) is 111 Å². The van der Waals surface area contributed by atoms with Gasteiger partial charge < -0.3 is 30.0 Å². The Balaban J connectivity index is 0.744. The Morgan fingerprint density at radius 2 is 1.00 bits per heavy atom. The van der Waals surface area contributed by atoms with E-state index in [1.54, 1.807) is 38.1 Å². The third-order valence-electron chi connectivity index (χ3n) is 15.8. The van der Waals surface area contributed by atoms with Crippen molar-refractivity contribution >= 4 is 51.4 Å². The minimum absolute atomic E-state index is 0.000767. The van der Waals surface area contributed by atoms with E-state index in [2.05, 4.69) is 50.3 Å². The highest BCUT2D eigenvalue weighted by Gasteiger charge is 2.65. The van der Waals surface area contributed by atoms with Crippen LogP contribution in [0.15, 0.2) is 60.9 Å². The molecule has 0 radical (unpaired) electrons. The summed E-state index contributed by atoms with van der Waals surface area (Å²) in [6.45, 7) is 13.3. The molecule has 0 unspecified atom stereocenters. The van der Waals surface area contributed by atoms with Gasteiger partial charge in [0.1, 0.15) is 45.7 Å². The second-order valence-electron chi connectivity index (χ2n) is 21.4. The van der Waals surface area contributed by atoms with Crippen molar-refractivity contribution in [2.24, 2.45) is 0 Å². The third-order valence-corrected chi connectivity index (χ3v) is 15.8. The number of rotatable bonds is 12. The summed E-state index contributed by atoms with van der Waals surface area (Å²) in [4.78, 5) is 55.5. The zero-order valence-corrected chi connectivity index (χ0v) is 42.8. The summed E-state index contributed by atoms with van der Waals surface area (Å²) in [7, 11) is 0. The van der Waals surface area contributed by atoms with Gasteiger partial charge in [0.05, 0.1) is 46.7 Å². The SMILES string of the molecule is Cc1nc2c(F)cc(-c3nc(Nc4ccc5c(n4)CCN(C4(C(=O)C6(N7CCc8nc(Nc9ncc(F)c(-c%10cc(F)c%11nc(C)n(C(C)C)c%11c%10)n9)ccc8C7)CC(O)C6)CC(O)C4)C5)ncc3F)cc2n1C(C)C. The van der Waals surface area contributed by atoms with Gasteiger partial charge in [0.25, 0.3) is 0 Å². The number of fused-ring (bicyclic) bond motifs is 4. The predicted molar refractivity (Wildman–Crippen MR) is 276 cm³/mol. The van der Waals surface area contributed by atoms with E-state index >= 15 is 22.4 Å². The summed E-state index contributed by atoms with van der Waals surface area (Å²) >= 11 is 0. The van der Waals surface area contributed by atoms with Crippen LogP contribution >= 0.6 is 0 Å². The van der Waals surface area contributed by atoms with Crippen LogP contribution in [0.4, 0.5) is 41.1 Å². The topological polar surface area (TPSA) is 201 Å². The summed E-state index contributed by atoms with van der Waals surface area (Å²) in [6.07, 6.45) is 2.87. The molecule has 2 aliphatic heterocycles. The number of aromatic nitrogens is 10. The lowest BCUT2D eigenvalue weighted by atomic mass is 9.58. The number of pyridine rings is 2. The van der Waals surface area contributed by atoms with E-state index < -0.39 is 46.6 Å². The highest BCUT2D eigenvalue weighted by molar-refractivity contribution is 5.99. The number of benzene rings is 2. The molecule has 2 saturated carbocycles. The molecule has 2 aromatic carbocycles. The quantitative estimate of drug-likeness (QED) is 0.0847. The molecule has 4 aliphatic rings. The average molecular weight is 1040 g/mol. The fourth-order valence-corrected chi connectivity index (χ4v) is 12.4. The Labute approximate surface area is 434 Å². The minimum atomic E-state index is -0.965. The normalized spacial score (nSPS) is 21.7. The van der Waals surface area contributed by atoms with E-state index in [1.165, 1.54) is 12.1 Å². The van der Waals surface area contributed by atoms with Gasteiger partial charge >= 0.3 is 0 Å². The molecule has 21 heteroatoms. The van der Waals surface area contributed by atoms with Crippen molar-refractivity contribution in [1.82, 2.24) is 58.8 Å². The van der Waals surface area contributed by atoms with Crippen molar-refractivity contribution in [2.75, 3.05) is 23.7 Å². The summed E-state index contributed by atoms with van der Waals surface area (Å²) in [6, 6.07) is 13.2. The number of aryl methyl sites for hydroxylation is 2. The summed E-state index contributed by atoms with van der Waals surface area (Å²) < 4.78 is 65.2. The first-order valence-electron chi connectivity index (χ1n) is 25.7. The number of nitrogens with one attached hydrogen (secondary N) is 2. The number of carbonyl (C=O) groups is 1. The summed E-state index contributed by atoms with van der Waals surface area (Å²) in [5.41, 5.74) is 3.34. The zero-order valence-electron chi connectivity index (χ0n) is 42.8. The largest absolute Gasteiger partial charge is 0.393 e. The van der Waals surface area contributed by atoms with Gasteiger partial charge in [-0.3, -0.25) is 14.6 Å². The molecule has 17 nitrogen and oxygen atoms in total. The molecule has 8 heterocycles. The van der Waals surface area contributed by atoms with Gasteiger partial charge in [-0.15, -0.1) is 0 Å². The Morgan fingerprint density at radius 3 is 1.38 bits per heavy atom. The van der Waals surface area contributed by atoms with Crippen LogP contribution in [0.3, 0.4) is 0 Å². The van der Waals surface area contributed by atoms with Crippen molar-refractivity contribution in [3.8, 4) is 22.5 Å². The summed E-state index contributed by atoms with van der Waals surface area (Å²) in [5, 5.41) is 28.0. The van der Waals surface area contributed by atoms with Crippen molar-refractivity contribution in [3.63, 3.8) is 0 Å². The average Bonchev–Trinajstić information content (AvgIpc) is 4.07. The van der Waals surface area contributed by atoms with E-state index in [0.717, 1.165) is 34.9 Å². The molecule has 76 heavy (non-hydrogen) atoms. The fraction of sp³-hybridized carbons (Fsp3) is 0.400. The van der Waals surface area contributed by atoms with Crippen LogP contribution in [-0.2, 0) is 30.7 Å². The van der Waals surface area contributed by atoms with Crippen LogP contribution in [0, 0.1) is 37.1 Å². The van der Waals surface area contributed by atoms with Gasteiger partial charge in [-0.2, -0.15) is 0 Å². The Hall–Kier alpha value is -7.33. The number of anilines is 4. The fourth-order valence-electron chi connectivity index (χ4n) is 12.4. The Morgan fingerprint density at radius 1 is 0.592 bits per heavy atom. The van der Waals surface area contributed by atoms with Gasteiger partial charge in [-0.25, -0.2) is 57.4 Å².